The maximum absolute atomic E-state index is 13.0. The number of hydrogen-bond acceptors (Lipinski definition) is 3. The Morgan fingerprint density at radius 3 is 2.67 bits per heavy atom. The van der Waals surface area contributed by atoms with Crippen LogP contribution in [0.4, 0.5) is 10.1 Å². The fourth-order valence-electron chi connectivity index (χ4n) is 1.85. The average Bonchev–Trinajstić information content (AvgIpc) is 2.62. The van der Waals surface area contributed by atoms with Crippen LogP contribution in [0.1, 0.15) is 28.5 Å². The zero-order valence-electron chi connectivity index (χ0n) is 10.4. The molecule has 1 aromatic carbocycles. The van der Waals surface area contributed by atoms with Crippen molar-refractivity contribution in [2.45, 2.75) is 26.8 Å². The summed E-state index contributed by atoms with van der Waals surface area (Å²) >= 11 is 5.04. The number of aromatic nitrogens is 1. The number of nitrogens with zero attached hydrogens (tertiary/aromatic N) is 1. The van der Waals surface area contributed by atoms with Crippen molar-refractivity contribution in [1.82, 2.24) is 4.98 Å². The number of halogens is 2. The summed E-state index contributed by atoms with van der Waals surface area (Å²) in [5.74, 6) is -0.249. The number of rotatable bonds is 3. The lowest BCUT2D eigenvalue weighted by Crippen LogP contribution is -2.08. The molecule has 1 atom stereocenters. The predicted molar refractivity (Wildman–Crippen MR) is 77.7 cm³/mol. The summed E-state index contributed by atoms with van der Waals surface area (Å²) < 4.78 is 13.7. The SMILES string of the molecule is Cc1nc(C(C)Nc2ccc(F)cc2Br)c(C)s1. The lowest BCUT2D eigenvalue weighted by Gasteiger charge is -2.15. The van der Waals surface area contributed by atoms with Crippen LogP contribution in [-0.4, -0.2) is 4.98 Å². The minimum absolute atomic E-state index is 0.0942. The molecule has 1 unspecified atom stereocenters. The maximum atomic E-state index is 13.0. The van der Waals surface area contributed by atoms with E-state index in [2.05, 4.69) is 40.1 Å². The largest absolute Gasteiger partial charge is 0.376 e. The van der Waals surface area contributed by atoms with Gasteiger partial charge in [-0.2, -0.15) is 0 Å². The summed E-state index contributed by atoms with van der Waals surface area (Å²) in [6.07, 6.45) is 0. The Balaban J connectivity index is 2.21. The van der Waals surface area contributed by atoms with Crippen LogP contribution in [-0.2, 0) is 0 Å². The second-order valence-electron chi connectivity index (χ2n) is 4.16. The lowest BCUT2D eigenvalue weighted by molar-refractivity contribution is 0.627. The molecule has 0 spiro atoms. The van der Waals surface area contributed by atoms with E-state index in [0.717, 1.165) is 20.9 Å². The predicted octanol–water partition coefficient (Wildman–Crippen LogP) is 4.83. The van der Waals surface area contributed by atoms with Crippen LogP contribution in [0, 0.1) is 19.7 Å². The highest BCUT2D eigenvalue weighted by Crippen LogP contribution is 2.29. The average molecular weight is 329 g/mol. The zero-order chi connectivity index (χ0) is 13.3. The molecule has 0 bridgehead atoms. The van der Waals surface area contributed by atoms with E-state index in [1.807, 2.05) is 6.92 Å². The van der Waals surface area contributed by atoms with Crippen LogP contribution in [0.5, 0.6) is 0 Å². The number of anilines is 1. The van der Waals surface area contributed by atoms with Crippen LogP contribution in [0.25, 0.3) is 0 Å². The fraction of sp³-hybridized carbons (Fsp3) is 0.308. The first-order valence-electron chi connectivity index (χ1n) is 5.63. The molecule has 1 heterocycles. The molecule has 0 radical (unpaired) electrons. The Labute approximate surface area is 118 Å². The van der Waals surface area contributed by atoms with Crippen LogP contribution < -0.4 is 5.32 Å². The maximum Gasteiger partial charge on any atom is 0.124 e. The number of nitrogens with one attached hydrogen (secondary N) is 1. The Morgan fingerprint density at radius 2 is 2.11 bits per heavy atom. The van der Waals surface area contributed by atoms with Gasteiger partial charge in [0.2, 0.25) is 0 Å². The normalized spacial score (nSPS) is 12.5. The Morgan fingerprint density at radius 1 is 1.39 bits per heavy atom. The van der Waals surface area contributed by atoms with Crippen LogP contribution in [0.2, 0.25) is 0 Å². The number of aryl methyl sites for hydroxylation is 2. The lowest BCUT2D eigenvalue weighted by atomic mass is 10.2. The second-order valence-corrected chi connectivity index (χ2v) is 6.43. The molecule has 96 valence electrons. The summed E-state index contributed by atoms with van der Waals surface area (Å²) in [6, 6.07) is 4.72. The molecule has 1 N–H and O–H groups in total. The molecular weight excluding hydrogens is 315 g/mol. The van der Waals surface area contributed by atoms with Crippen molar-refractivity contribution in [2.24, 2.45) is 0 Å². The van der Waals surface area contributed by atoms with Crippen LogP contribution >= 0.6 is 27.3 Å². The summed E-state index contributed by atoms with van der Waals surface area (Å²) in [4.78, 5) is 5.73. The van der Waals surface area contributed by atoms with Gasteiger partial charge in [-0.15, -0.1) is 11.3 Å². The van der Waals surface area contributed by atoms with Gasteiger partial charge in [-0.25, -0.2) is 9.37 Å². The molecule has 0 aliphatic carbocycles. The van der Waals surface area contributed by atoms with Gasteiger partial charge in [-0.1, -0.05) is 0 Å². The molecule has 2 nitrogen and oxygen atoms in total. The van der Waals surface area contributed by atoms with Crippen molar-refractivity contribution >= 4 is 33.0 Å². The number of hydrogen-bond donors (Lipinski definition) is 1. The smallest absolute Gasteiger partial charge is 0.124 e. The second kappa shape index (κ2) is 5.36. The van der Waals surface area contributed by atoms with Crippen molar-refractivity contribution in [2.75, 3.05) is 5.32 Å². The Hall–Kier alpha value is -0.940. The molecule has 0 saturated carbocycles. The highest BCUT2D eigenvalue weighted by Gasteiger charge is 2.14. The minimum atomic E-state index is -0.249. The Bertz CT molecular complexity index is 568. The third kappa shape index (κ3) is 2.90. The van der Waals surface area contributed by atoms with Gasteiger partial charge in [0.25, 0.3) is 0 Å². The van der Waals surface area contributed by atoms with E-state index in [9.17, 15) is 4.39 Å². The minimum Gasteiger partial charge on any atom is -0.376 e. The Kier molecular flexibility index (Phi) is 4.02. The van der Waals surface area contributed by atoms with Gasteiger partial charge in [0.05, 0.1) is 16.7 Å². The van der Waals surface area contributed by atoms with Gasteiger partial charge >= 0.3 is 0 Å². The van der Waals surface area contributed by atoms with E-state index < -0.39 is 0 Å². The molecule has 0 fully saturated rings. The molecule has 18 heavy (non-hydrogen) atoms. The molecule has 1 aromatic heterocycles. The molecule has 2 rings (SSSR count). The fourth-order valence-corrected chi connectivity index (χ4v) is 3.23. The third-order valence-electron chi connectivity index (χ3n) is 2.65. The standard InChI is InChI=1S/C13H14BrFN2S/c1-7(13-8(2)18-9(3)17-13)16-12-5-4-10(15)6-11(12)14/h4-7,16H,1-3H3. The van der Waals surface area contributed by atoms with Gasteiger partial charge in [-0.3, -0.25) is 0 Å². The van der Waals surface area contributed by atoms with Gasteiger partial charge in [-0.05, 0) is 54.9 Å². The number of thiazole rings is 1. The zero-order valence-corrected chi connectivity index (χ0v) is 12.8. The van der Waals surface area contributed by atoms with E-state index in [1.165, 1.54) is 17.0 Å². The van der Waals surface area contributed by atoms with Gasteiger partial charge in [0.15, 0.2) is 0 Å². The molecule has 2 aromatic rings. The molecular formula is C13H14BrFN2S. The third-order valence-corrected chi connectivity index (χ3v) is 4.21. The van der Waals surface area contributed by atoms with E-state index in [1.54, 1.807) is 17.4 Å². The number of benzene rings is 1. The first kappa shape index (κ1) is 13.5. The van der Waals surface area contributed by atoms with Crippen molar-refractivity contribution < 1.29 is 4.39 Å². The van der Waals surface area contributed by atoms with Crippen molar-refractivity contribution in [3.8, 4) is 0 Å². The summed E-state index contributed by atoms with van der Waals surface area (Å²) in [7, 11) is 0. The summed E-state index contributed by atoms with van der Waals surface area (Å²) in [6.45, 7) is 6.12. The highest BCUT2D eigenvalue weighted by atomic mass is 79.9. The highest BCUT2D eigenvalue weighted by molar-refractivity contribution is 9.10. The molecule has 5 heteroatoms. The van der Waals surface area contributed by atoms with E-state index in [4.69, 9.17) is 0 Å². The monoisotopic (exact) mass is 328 g/mol. The van der Waals surface area contributed by atoms with Crippen molar-refractivity contribution in [1.29, 1.82) is 0 Å². The van der Waals surface area contributed by atoms with E-state index in [-0.39, 0.29) is 11.9 Å². The van der Waals surface area contributed by atoms with Crippen molar-refractivity contribution in [3.63, 3.8) is 0 Å². The quantitative estimate of drug-likeness (QED) is 0.872. The summed E-state index contributed by atoms with van der Waals surface area (Å²) in [5.41, 5.74) is 1.92. The van der Waals surface area contributed by atoms with Crippen LogP contribution in [0.3, 0.4) is 0 Å². The molecule has 0 amide bonds. The topological polar surface area (TPSA) is 24.9 Å². The van der Waals surface area contributed by atoms with Gasteiger partial charge in [0, 0.05) is 15.0 Å². The van der Waals surface area contributed by atoms with Gasteiger partial charge in [0.1, 0.15) is 5.82 Å². The van der Waals surface area contributed by atoms with E-state index >= 15 is 0 Å². The first-order valence-corrected chi connectivity index (χ1v) is 7.24. The molecule has 0 aliphatic rings. The molecule has 0 aliphatic heterocycles. The van der Waals surface area contributed by atoms with Crippen LogP contribution in [0.15, 0.2) is 22.7 Å². The van der Waals surface area contributed by atoms with E-state index in [0.29, 0.717) is 0 Å². The molecule has 0 saturated heterocycles. The van der Waals surface area contributed by atoms with Crippen molar-refractivity contribution in [3.05, 3.63) is 44.1 Å². The summed E-state index contributed by atoms with van der Waals surface area (Å²) in [5, 5.41) is 4.40. The van der Waals surface area contributed by atoms with Gasteiger partial charge < -0.3 is 5.32 Å². The first-order chi connectivity index (χ1) is 8.47.